The van der Waals surface area contributed by atoms with Crippen molar-refractivity contribution >= 4 is 7.32 Å². The van der Waals surface area contributed by atoms with Gasteiger partial charge in [0.05, 0.1) is 11.4 Å². The van der Waals surface area contributed by atoms with Gasteiger partial charge in [-0.05, 0) is 12.1 Å². The minimum atomic E-state index is -2.17. The van der Waals surface area contributed by atoms with E-state index in [1.54, 1.807) is 12.4 Å². The molecule has 0 radical (unpaired) electrons. The number of hydrogen-bond donors (Lipinski definition) is 4. The van der Waals surface area contributed by atoms with Crippen LogP contribution in [0.15, 0.2) is 24.5 Å². The fourth-order valence-electron chi connectivity index (χ4n) is 0.789. The topological polar surface area (TPSA) is 102 Å². The first-order valence-electron chi connectivity index (χ1n) is 3.48. The Kier molecular flexibility index (Phi) is 3.38. The van der Waals surface area contributed by atoms with Crippen molar-refractivity contribution in [1.29, 1.82) is 0 Å². The van der Waals surface area contributed by atoms with Crippen molar-refractivity contribution in [2.75, 3.05) is 0 Å². The highest BCUT2D eigenvalue weighted by Gasteiger charge is 1.98. The molecule has 2 aliphatic heterocycles. The summed E-state index contributed by atoms with van der Waals surface area (Å²) in [4.78, 5) is 4.05. The number of fused-ring (bicyclic) bond motifs is 1. The number of H-pyrrole nitrogens is 1. The standard InChI is InChI=1S/C6H5N3.BH3O3/c1-3-7-5-2-4-8-9-6(1)5;2-1(3)4/h1-4,9H;2-4H. The molecule has 2 rings (SSSR count). The van der Waals surface area contributed by atoms with Crippen LogP contribution in [0.1, 0.15) is 0 Å². The van der Waals surface area contributed by atoms with E-state index >= 15 is 0 Å². The summed E-state index contributed by atoms with van der Waals surface area (Å²) in [5.74, 6) is 0. The minimum absolute atomic E-state index is 0.963. The van der Waals surface area contributed by atoms with Crippen LogP contribution in [-0.4, -0.2) is 37.6 Å². The zero-order valence-electron chi connectivity index (χ0n) is 6.62. The number of rotatable bonds is 0. The van der Waals surface area contributed by atoms with Gasteiger partial charge in [-0.3, -0.25) is 10.1 Å². The van der Waals surface area contributed by atoms with Crippen molar-refractivity contribution in [2.24, 2.45) is 0 Å². The predicted molar refractivity (Wildman–Crippen MR) is 45.4 cm³/mol. The van der Waals surface area contributed by atoms with Crippen LogP contribution >= 0.6 is 0 Å². The maximum atomic E-state index is 7.17. The van der Waals surface area contributed by atoms with E-state index < -0.39 is 7.32 Å². The Hall–Kier alpha value is -1.44. The third kappa shape index (κ3) is 3.20. The van der Waals surface area contributed by atoms with Gasteiger partial charge < -0.3 is 15.1 Å². The van der Waals surface area contributed by atoms with Crippen molar-refractivity contribution in [3.05, 3.63) is 24.5 Å². The van der Waals surface area contributed by atoms with Crippen LogP contribution in [-0.2, 0) is 0 Å². The highest BCUT2D eigenvalue weighted by molar-refractivity contribution is 6.30. The first-order valence-corrected chi connectivity index (χ1v) is 3.48. The highest BCUT2D eigenvalue weighted by atomic mass is 16.5. The Morgan fingerprint density at radius 3 is 2.46 bits per heavy atom. The predicted octanol–water partition coefficient (Wildman–Crippen LogP) is -1.14. The molecule has 0 spiro atoms. The molecular formula is C6H8BN3O3. The number of nitrogens with one attached hydrogen (secondary N) is 1. The SMILES string of the molecule is OB(O)O.c1cc2nccc-2[nH]n1. The molecule has 6 nitrogen and oxygen atoms in total. The van der Waals surface area contributed by atoms with Gasteiger partial charge in [-0.25, -0.2) is 0 Å². The van der Waals surface area contributed by atoms with E-state index in [1.807, 2.05) is 12.1 Å². The van der Waals surface area contributed by atoms with Crippen LogP contribution in [0.25, 0.3) is 11.4 Å². The smallest absolute Gasteiger partial charge is 0.402 e. The zero-order valence-corrected chi connectivity index (χ0v) is 6.62. The molecule has 0 saturated heterocycles. The fraction of sp³-hybridized carbons (Fsp3) is 0. The third-order valence-corrected chi connectivity index (χ3v) is 1.22. The molecule has 0 atom stereocenters. The number of aromatic amines is 1. The van der Waals surface area contributed by atoms with Crippen LogP contribution < -0.4 is 0 Å². The molecule has 2 heterocycles. The minimum Gasteiger partial charge on any atom is -0.402 e. The molecule has 0 amide bonds. The summed E-state index contributed by atoms with van der Waals surface area (Å²) in [6, 6.07) is 3.76. The fourth-order valence-corrected chi connectivity index (χ4v) is 0.789. The Balaban J connectivity index is 0.000000184. The summed E-state index contributed by atoms with van der Waals surface area (Å²) in [6.45, 7) is 0. The van der Waals surface area contributed by atoms with Gasteiger partial charge in [-0.15, -0.1) is 0 Å². The van der Waals surface area contributed by atoms with Gasteiger partial charge in [0.2, 0.25) is 0 Å². The number of aromatic nitrogens is 3. The molecule has 0 fully saturated rings. The first kappa shape index (κ1) is 9.65. The normalized spacial score (nSPS) is 9.15. The van der Waals surface area contributed by atoms with Gasteiger partial charge in [0, 0.05) is 12.4 Å². The van der Waals surface area contributed by atoms with Gasteiger partial charge in [-0.1, -0.05) is 0 Å². The van der Waals surface area contributed by atoms with E-state index in [0.717, 1.165) is 11.4 Å². The molecule has 0 aromatic heterocycles. The molecule has 0 aromatic carbocycles. The Morgan fingerprint density at radius 1 is 1.15 bits per heavy atom. The van der Waals surface area contributed by atoms with Gasteiger partial charge >= 0.3 is 7.32 Å². The van der Waals surface area contributed by atoms with Crippen LogP contribution in [0.2, 0.25) is 0 Å². The molecule has 0 aliphatic carbocycles. The third-order valence-electron chi connectivity index (χ3n) is 1.22. The summed E-state index contributed by atoms with van der Waals surface area (Å²) in [7, 11) is -2.17. The summed E-state index contributed by atoms with van der Waals surface area (Å²) >= 11 is 0. The average molecular weight is 181 g/mol. The quantitative estimate of drug-likeness (QED) is 0.384. The van der Waals surface area contributed by atoms with Crippen LogP contribution in [0, 0.1) is 0 Å². The van der Waals surface area contributed by atoms with E-state index in [4.69, 9.17) is 15.1 Å². The van der Waals surface area contributed by atoms with Gasteiger partial charge in [0.15, 0.2) is 0 Å². The van der Waals surface area contributed by atoms with Crippen LogP contribution in [0.3, 0.4) is 0 Å². The second-order valence-electron chi connectivity index (χ2n) is 2.15. The molecule has 0 aromatic rings. The molecule has 2 aliphatic rings. The first-order chi connectivity index (χ1) is 6.20. The molecule has 68 valence electrons. The molecule has 0 unspecified atom stereocenters. The maximum Gasteiger partial charge on any atom is 0.631 e. The van der Waals surface area contributed by atoms with Crippen molar-refractivity contribution in [3.63, 3.8) is 0 Å². The van der Waals surface area contributed by atoms with Gasteiger partial charge in [-0.2, -0.15) is 5.10 Å². The summed E-state index contributed by atoms with van der Waals surface area (Å²) < 4.78 is 0. The Morgan fingerprint density at radius 2 is 1.85 bits per heavy atom. The lowest BCUT2D eigenvalue weighted by atomic mass is 10.3. The van der Waals surface area contributed by atoms with Crippen LogP contribution in [0.5, 0.6) is 0 Å². The lowest BCUT2D eigenvalue weighted by molar-refractivity contribution is 0.278. The van der Waals surface area contributed by atoms with Gasteiger partial charge in [0.1, 0.15) is 0 Å². The second kappa shape index (κ2) is 4.56. The molecule has 0 bridgehead atoms. The highest BCUT2D eigenvalue weighted by Crippen LogP contribution is 2.12. The molecule has 4 N–H and O–H groups in total. The molecule has 13 heavy (non-hydrogen) atoms. The zero-order chi connectivity index (χ0) is 9.68. The molecule has 0 saturated carbocycles. The van der Waals surface area contributed by atoms with E-state index in [-0.39, 0.29) is 0 Å². The summed E-state index contributed by atoms with van der Waals surface area (Å²) in [5.41, 5.74) is 1.95. The van der Waals surface area contributed by atoms with Crippen LogP contribution in [0.4, 0.5) is 0 Å². The molecule has 7 heteroatoms. The number of hydrogen-bond acceptors (Lipinski definition) is 5. The largest absolute Gasteiger partial charge is 0.631 e. The van der Waals surface area contributed by atoms with Crippen molar-refractivity contribution in [3.8, 4) is 11.4 Å². The summed E-state index contributed by atoms with van der Waals surface area (Å²) in [6.07, 6.45) is 3.44. The van der Waals surface area contributed by atoms with Gasteiger partial charge in [0.25, 0.3) is 0 Å². The monoisotopic (exact) mass is 181 g/mol. The van der Waals surface area contributed by atoms with Crippen molar-refractivity contribution in [2.45, 2.75) is 0 Å². The van der Waals surface area contributed by atoms with E-state index in [0.29, 0.717) is 0 Å². The molecular weight excluding hydrogens is 173 g/mol. The maximum absolute atomic E-state index is 7.17. The Labute approximate surface area is 74.4 Å². The summed E-state index contributed by atoms with van der Waals surface area (Å²) in [5, 5.41) is 28.1. The lowest BCUT2D eigenvalue weighted by Gasteiger charge is -1.90. The van der Waals surface area contributed by atoms with Crippen molar-refractivity contribution in [1.82, 2.24) is 15.2 Å². The lowest BCUT2D eigenvalue weighted by Crippen LogP contribution is -2.07. The van der Waals surface area contributed by atoms with Crippen molar-refractivity contribution < 1.29 is 15.1 Å². The average Bonchev–Trinajstić information content (AvgIpc) is 2.49. The second-order valence-corrected chi connectivity index (χ2v) is 2.15. The Bertz CT molecular complexity index is 297. The van der Waals surface area contributed by atoms with E-state index in [2.05, 4.69) is 15.2 Å². The number of nitrogens with zero attached hydrogens (tertiary/aromatic N) is 2. The van der Waals surface area contributed by atoms with E-state index in [9.17, 15) is 0 Å². The van der Waals surface area contributed by atoms with E-state index in [1.165, 1.54) is 0 Å².